The van der Waals surface area contributed by atoms with Crippen molar-refractivity contribution in [2.45, 2.75) is 73.4 Å². The largest absolute Gasteiger partial charge is 0.342 e. The lowest BCUT2D eigenvalue weighted by molar-refractivity contribution is -0.157. The normalized spacial score (nSPS) is 24.9. The molecule has 0 spiro atoms. The first-order chi connectivity index (χ1) is 9.00. The fraction of sp³-hybridized carbons (Fsp3) is 0.875. The maximum Gasteiger partial charge on any atom is 0.246 e. The number of hydrogen-bond donors (Lipinski definition) is 1. The van der Waals surface area contributed by atoms with E-state index in [1.54, 1.807) is 4.90 Å². The van der Waals surface area contributed by atoms with Crippen LogP contribution in [0.3, 0.4) is 0 Å². The topological polar surface area (TPSA) is 49.4 Å². The van der Waals surface area contributed by atoms with Gasteiger partial charge < -0.3 is 10.2 Å². The van der Waals surface area contributed by atoms with Gasteiger partial charge in [0.1, 0.15) is 12.1 Å². The Hall–Kier alpha value is -1.06. The summed E-state index contributed by atoms with van der Waals surface area (Å²) in [6, 6.07) is -0.800. The second kappa shape index (κ2) is 5.74. The monoisotopic (exact) mass is 282 g/mol. The summed E-state index contributed by atoms with van der Waals surface area (Å²) in [4.78, 5) is 27.1. The zero-order chi connectivity index (χ0) is 15.7. The number of hydrogen-bond acceptors (Lipinski definition) is 2. The molecule has 2 amide bonds. The molecule has 0 aromatic carbocycles. The van der Waals surface area contributed by atoms with Crippen LogP contribution in [0.1, 0.15) is 61.3 Å². The van der Waals surface area contributed by atoms with Gasteiger partial charge in [0, 0.05) is 6.54 Å². The Balaban J connectivity index is 3.11. The summed E-state index contributed by atoms with van der Waals surface area (Å²) < 4.78 is 0. The molecule has 2 atom stereocenters. The molecule has 1 saturated heterocycles. The van der Waals surface area contributed by atoms with Gasteiger partial charge in [0.2, 0.25) is 11.8 Å². The first kappa shape index (κ1) is 17.0. The van der Waals surface area contributed by atoms with Crippen LogP contribution in [-0.2, 0) is 9.59 Å². The van der Waals surface area contributed by atoms with E-state index < -0.39 is 6.04 Å². The van der Waals surface area contributed by atoms with Crippen molar-refractivity contribution in [2.75, 3.05) is 6.54 Å². The summed E-state index contributed by atoms with van der Waals surface area (Å²) >= 11 is 0. The van der Waals surface area contributed by atoms with Crippen molar-refractivity contribution in [1.82, 2.24) is 10.2 Å². The van der Waals surface area contributed by atoms with E-state index in [0.717, 1.165) is 12.8 Å². The molecule has 0 aromatic rings. The predicted octanol–water partition coefficient (Wildman–Crippen LogP) is 2.57. The molecule has 4 heteroatoms. The molecular weight excluding hydrogens is 252 g/mol. The number of carbonyl (C=O) groups is 2. The number of nitrogens with zero attached hydrogens (tertiary/aromatic N) is 1. The van der Waals surface area contributed by atoms with Crippen molar-refractivity contribution < 1.29 is 9.59 Å². The van der Waals surface area contributed by atoms with Gasteiger partial charge in [-0.15, -0.1) is 0 Å². The summed E-state index contributed by atoms with van der Waals surface area (Å²) in [6.07, 6.45) is 1.95. The minimum absolute atomic E-state index is 0.0203. The molecule has 0 bridgehead atoms. The van der Waals surface area contributed by atoms with E-state index in [1.165, 1.54) is 0 Å². The van der Waals surface area contributed by atoms with Gasteiger partial charge in [-0.3, -0.25) is 9.59 Å². The molecule has 1 aliphatic rings. The Morgan fingerprint density at radius 2 is 1.60 bits per heavy atom. The SMILES string of the molecule is CCCCN1C(=O)C(C(C)(C)C)NC(=O)C1C(C)(C)C. The Bertz CT molecular complexity index is 377. The molecule has 0 saturated carbocycles. The number of rotatable bonds is 3. The number of carbonyl (C=O) groups excluding carboxylic acids is 2. The maximum atomic E-state index is 12.8. The molecule has 1 rings (SSSR count). The molecule has 1 heterocycles. The molecule has 0 aromatic heterocycles. The molecule has 2 unspecified atom stereocenters. The average molecular weight is 282 g/mol. The third-order valence-corrected chi connectivity index (χ3v) is 3.82. The minimum Gasteiger partial charge on any atom is -0.342 e. The molecular formula is C16H30N2O2. The predicted molar refractivity (Wildman–Crippen MR) is 81.2 cm³/mol. The van der Waals surface area contributed by atoms with E-state index >= 15 is 0 Å². The van der Waals surface area contributed by atoms with Gasteiger partial charge in [-0.25, -0.2) is 0 Å². The van der Waals surface area contributed by atoms with Crippen molar-refractivity contribution in [3.63, 3.8) is 0 Å². The number of nitrogens with one attached hydrogen (secondary N) is 1. The van der Waals surface area contributed by atoms with Crippen molar-refractivity contribution in [3.8, 4) is 0 Å². The standard InChI is InChI=1S/C16H30N2O2/c1-8-9-10-18-12(16(5,6)7)13(19)17-11(14(18)20)15(2,3)4/h11-12H,8-10H2,1-7H3,(H,17,19). The van der Waals surface area contributed by atoms with Crippen LogP contribution in [0.5, 0.6) is 0 Å². The van der Waals surface area contributed by atoms with Crippen molar-refractivity contribution in [3.05, 3.63) is 0 Å². The Morgan fingerprint density at radius 1 is 1.05 bits per heavy atom. The van der Waals surface area contributed by atoms with Crippen LogP contribution in [0.25, 0.3) is 0 Å². The third kappa shape index (κ3) is 3.53. The van der Waals surface area contributed by atoms with E-state index in [1.807, 2.05) is 41.5 Å². The van der Waals surface area contributed by atoms with Crippen LogP contribution < -0.4 is 5.32 Å². The Kier molecular flexibility index (Phi) is 4.88. The summed E-state index contributed by atoms with van der Waals surface area (Å²) in [6.45, 7) is 14.8. The summed E-state index contributed by atoms with van der Waals surface area (Å²) in [5, 5.41) is 2.94. The van der Waals surface area contributed by atoms with Crippen LogP contribution in [0.15, 0.2) is 0 Å². The van der Waals surface area contributed by atoms with E-state index in [0.29, 0.717) is 6.54 Å². The van der Waals surface area contributed by atoms with E-state index in [9.17, 15) is 9.59 Å². The first-order valence-electron chi connectivity index (χ1n) is 7.61. The zero-order valence-electron chi connectivity index (χ0n) is 14.0. The molecule has 0 aliphatic carbocycles. The van der Waals surface area contributed by atoms with Crippen LogP contribution in [0.4, 0.5) is 0 Å². The molecule has 0 radical (unpaired) electrons. The fourth-order valence-electron chi connectivity index (χ4n) is 2.73. The molecule has 1 fully saturated rings. The molecule has 20 heavy (non-hydrogen) atoms. The molecule has 4 nitrogen and oxygen atoms in total. The lowest BCUT2D eigenvalue weighted by Crippen LogP contribution is -2.69. The minimum atomic E-state index is -0.426. The van der Waals surface area contributed by atoms with Gasteiger partial charge in [0.15, 0.2) is 0 Å². The van der Waals surface area contributed by atoms with Crippen molar-refractivity contribution in [2.24, 2.45) is 10.8 Å². The maximum absolute atomic E-state index is 12.8. The van der Waals surface area contributed by atoms with Gasteiger partial charge in [0.05, 0.1) is 0 Å². The molecule has 1 aliphatic heterocycles. The summed E-state index contributed by atoms with van der Waals surface area (Å²) in [5.74, 6) is 0.0404. The molecule has 1 N–H and O–H groups in total. The van der Waals surface area contributed by atoms with Gasteiger partial charge >= 0.3 is 0 Å². The van der Waals surface area contributed by atoms with E-state index in [4.69, 9.17) is 0 Å². The fourth-order valence-corrected chi connectivity index (χ4v) is 2.73. The summed E-state index contributed by atoms with van der Waals surface area (Å²) in [5.41, 5.74) is -0.517. The molecule has 116 valence electrons. The van der Waals surface area contributed by atoms with Crippen LogP contribution in [0, 0.1) is 10.8 Å². The number of amides is 2. The highest BCUT2D eigenvalue weighted by Gasteiger charge is 2.48. The van der Waals surface area contributed by atoms with Gasteiger partial charge in [-0.1, -0.05) is 54.9 Å². The highest BCUT2D eigenvalue weighted by Crippen LogP contribution is 2.32. The lowest BCUT2D eigenvalue weighted by Gasteiger charge is -2.47. The van der Waals surface area contributed by atoms with Crippen LogP contribution >= 0.6 is 0 Å². The zero-order valence-corrected chi connectivity index (χ0v) is 14.0. The van der Waals surface area contributed by atoms with E-state index in [2.05, 4.69) is 12.2 Å². The highest BCUT2D eigenvalue weighted by molar-refractivity contribution is 5.97. The van der Waals surface area contributed by atoms with Crippen molar-refractivity contribution >= 4 is 11.8 Å². The quantitative estimate of drug-likeness (QED) is 0.865. The van der Waals surface area contributed by atoms with E-state index in [-0.39, 0.29) is 28.7 Å². The Labute approximate surface area is 123 Å². The average Bonchev–Trinajstić information content (AvgIpc) is 2.26. The third-order valence-electron chi connectivity index (χ3n) is 3.82. The Morgan fingerprint density at radius 3 is 2.00 bits per heavy atom. The van der Waals surface area contributed by atoms with Gasteiger partial charge in [0.25, 0.3) is 0 Å². The second-order valence-electron chi connectivity index (χ2n) is 7.96. The second-order valence-corrected chi connectivity index (χ2v) is 7.96. The van der Waals surface area contributed by atoms with Crippen molar-refractivity contribution in [1.29, 1.82) is 0 Å². The smallest absolute Gasteiger partial charge is 0.246 e. The summed E-state index contributed by atoms with van der Waals surface area (Å²) in [7, 11) is 0. The van der Waals surface area contributed by atoms with Crippen LogP contribution in [0.2, 0.25) is 0 Å². The lowest BCUT2D eigenvalue weighted by atomic mass is 9.78. The number of piperazine rings is 1. The van der Waals surface area contributed by atoms with Gasteiger partial charge in [-0.2, -0.15) is 0 Å². The van der Waals surface area contributed by atoms with Crippen LogP contribution in [-0.4, -0.2) is 35.3 Å². The highest BCUT2D eigenvalue weighted by atomic mass is 16.2. The first-order valence-corrected chi connectivity index (χ1v) is 7.61. The van der Waals surface area contributed by atoms with Gasteiger partial charge in [-0.05, 0) is 17.3 Å². The number of unbranched alkanes of at least 4 members (excludes halogenated alkanes) is 1.